The van der Waals surface area contributed by atoms with Gasteiger partial charge in [-0.2, -0.15) is 0 Å². The fourth-order valence-electron chi connectivity index (χ4n) is 15.0. The van der Waals surface area contributed by atoms with Crippen molar-refractivity contribution in [3.05, 3.63) is 36.5 Å². The number of ether oxygens (including phenoxy) is 6. The van der Waals surface area contributed by atoms with Crippen molar-refractivity contribution in [1.82, 2.24) is 5.32 Å². The van der Waals surface area contributed by atoms with Gasteiger partial charge in [0, 0.05) is 6.42 Å². The Hall–Kier alpha value is -1.99. The number of unbranched alkanes of at least 4 members (excludes halogenated alkanes) is 49. The standard InChI is InChI=1S/C86H161NO18/c1-3-5-7-9-11-13-15-17-19-21-23-25-26-27-28-29-30-31-32-33-34-35-36-37-38-39-40-41-42-44-46-48-50-52-54-56-58-60-62-64-74(92)87-69(70(91)63-61-59-57-55-53-51-49-47-45-43-24-22-20-18-16-14-12-10-8-6-4-2)68-100-84-80(98)77(95)82(72(66-89)102-84)105-86-81(99)78(96)83(73(67-90)103-86)104-85-79(97)76(94)75(93)71(65-88)101-85/h15,17,21,23,26-27,69-73,75-86,88-91,93-99H,3-14,16,18-20,22,24-25,28-68H2,1-2H3,(H,87,92)/b17-15-,23-21-,27-26-. The van der Waals surface area contributed by atoms with Crippen LogP contribution in [0.1, 0.15) is 373 Å². The summed E-state index contributed by atoms with van der Waals surface area (Å²) in [5.41, 5.74) is 0. The number of nitrogens with one attached hydrogen (secondary N) is 1. The molecule has 17 atom stereocenters. The van der Waals surface area contributed by atoms with Gasteiger partial charge in [-0.1, -0.05) is 352 Å². The third kappa shape index (κ3) is 46.0. The maximum absolute atomic E-state index is 13.5. The first-order chi connectivity index (χ1) is 51.3. The van der Waals surface area contributed by atoms with Crippen LogP contribution in [0.2, 0.25) is 0 Å². The maximum atomic E-state index is 13.5. The third-order valence-corrected chi connectivity index (χ3v) is 22.0. The fourth-order valence-corrected chi connectivity index (χ4v) is 15.0. The third-order valence-electron chi connectivity index (χ3n) is 22.0. The van der Waals surface area contributed by atoms with Gasteiger partial charge in [-0.3, -0.25) is 4.79 Å². The first kappa shape index (κ1) is 97.2. The highest BCUT2D eigenvalue weighted by molar-refractivity contribution is 5.76. The number of carbonyl (C=O) groups is 1. The van der Waals surface area contributed by atoms with Gasteiger partial charge in [0.1, 0.15) is 73.2 Å². The van der Waals surface area contributed by atoms with Crippen molar-refractivity contribution in [2.24, 2.45) is 0 Å². The summed E-state index contributed by atoms with van der Waals surface area (Å²) in [6, 6.07) is -0.886. The molecule has 0 aromatic rings. The molecule has 3 aliphatic heterocycles. The molecule has 0 aromatic carbocycles. The highest BCUT2D eigenvalue weighted by atomic mass is 16.8. The number of carbonyl (C=O) groups excluding carboxylic acids is 1. The van der Waals surface area contributed by atoms with Crippen molar-refractivity contribution < 1.29 is 89.4 Å². The smallest absolute Gasteiger partial charge is 0.220 e. The molecule has 3 rings (SSSR count). The van der Waals surface area contributed by atoms with E-state index < -0.39 is 124 Å². The summed E-state index contributed by atoms with van der Waals surface area (Å²) < 4.78 is 34.6. The van der Waals surface area contributed by atoms with Crippen LogP contribution < -0.4 is 5.32 Å². The van der Waals surface area contributed by atoms with Gasteiger partial charge in [0.05, 0.1) is 38.6 Å². The molecule has 17 unspecified atom stereocenters. The van der Waals surface area contributed by atoms with Crippen LogP contribution in [-0.2, 0) is 33.2 Å². The van der Waals surface area contributed by atoms with E-state index in [9.17, 15) is 61.0 Å². The summed E-state index contributed by atoms with van der Waals surface area (Å²) in [6.45, 7) is 1.85. The quantitative estimate of drug-likeness (QED) is 0.0199. The largest absolute Gasteiger partial charge is 0.394 e. The molecule has 3 aliphatic rings. The van der Waals surface area contributed by atoms with Crippen LogP contribution in [0.25, 0.3) is 0 Å². The van der Waals surface area contributed by atoms with Crippen LogP contribution in [0, 0.1) is 0 Å². The number of hydrogen-bond acceptors (Lipinski definition) is 18. The topological polar surface area (TPSA) is 307 Å². The Morgan fingerprint density at radius 2 is 0.629 bits per heavy atom. The molecule has 0 spiro atoms. The van der Waals surface area contributed by atoms with Gasteiger partial charge in [0.15, 0.2) is 18.9 Å². The molecule has 618 valence electrons. The van der Waals surface area contributed by atoms with Crippen molar-refractivity contribution >= 4 is 5.91 Å². The molecule has 1 amide bonds. The van der Waals surface area contributed by atoms with Gasteiger partial charge in [-0.05, 0) is 51.4 Å². The van der Waals surface area contributed by atoms with Crippen LogP contribution in [-0.4, -0.2) is 193 Å². The Morgan fingerprint density at radius 1 is 0.343 bits per heavy atom. The van der Waals surface area contributed by atoms with Gasteiger partial charge < -0.3 is 89.9 Å². The summed E-state index contributed by atoms with van der Waals surface area (Å²) in [6.07, 6.45) is 56.8. The average Bonchev–Trinajstić information content (AvgIpc) is 0.780. The minimum Gasteiger partial charge on any atom is -0.394 e. The molecule has 0 saturated carbocycles. The molecule has 3 saturated heterocycles. The zero-order valence-electron chi connectivity index (χ0n) is 66.5. The zero-order chi connectivity index (χ0) is 76.0. The molecule has 105 heavy (non-hydrogen) atoms. The van der Waals surface area contributed by atoms with Gasteiger partial charge in [-0.15, -0.1) is 0 Å². The Labute approximate surface area is 638 Å². The minimum absolute atomic E-state index is 0.234. The van der Waals surface area contributed by atoms with Gasteiger partial charge >= 0.3 is 0 Å². The number of amides is 1. The molecule has 12 N–H and O–H groups in total. The molecule has 0 bridgehead atoms. The maximum Gasteiger partial charge on any atom is 0.220 e. The van der Waals surface area contributed by atoms with Crippen LogP contribution in [0.4, 0.5) is 0 Å². The lowest BCUT2D eigenvalue weighted by Crippen LogP contribution is -2.66. The van der Waals surface area contributed by atoms with E-state index in [1.165, 1.54) is 283 Å². The second-order valence-electron chi connectivity index (χ2n) is 31.4. The highest BCUT2D eigenvalue weighted by Gasteiger charge is 2.54. The van der Waals surface area contributed by atoms with Crippen LogP contribution in [0.15, 0.2) is 36.5 Å². The van der Waals surface area contributed by atoms with Gasteiger partial charge in [0.25, 0.3) is 0 Å². The van der Waals surface area contributed by atoms with E-state index in [1.807, 2.05) is 0 Å². The molecule has 0 aromatic heterocycles. The Bertz CT molecular complexity index is 2030. The van der Waals surface area contributed by atoms with Crippen LogP contribution >= 0.6 is 0 Å². The summed E-state index contributed by atoms with van der Waals surface area (Å²) in [7, 11) is 0. The Morgan fingerprint density at radius 3 is 0.981 bits per heavy atom. The molecular formula is C86H161NO18. The predicted octanol–water partition coefficient (Wildman–Crippen LogP) is 15.9. The summed E-state index contributed by atoms with van der Waals surface area (Å²) in [5.74, 6) is -0.234. The van der Waals surface area contributed by atoms with E-state index in [-0.39, 0.29) is 18.9 Å². The van der Waals surface area contributed by atoms with Crippen molar-refractivity contribution in [2.75, 3.05) is 26.4 Å². The first-order valence-corrected chi connectivity index (χ1v) is 43.7. The highest BCUT2D eigenvalue weighted by Crippen LogP contribution is 2.34. The van der Waals surface area contributed by atoms with Gasteiger partial charge in [-0.25, -0.2) is 0 Å². The summed E-state index contributed by atoms with van der Waals surface area (Å²) in [5, 5.41) is 121. The van der Waals surface area contributed by atoms with E-state index >= 15 is 0 Å². The molecule has 19 nitrogen and oxygen atoms in total. The minimum atomic E-state index is -1.97. The fraction of sp³-hybridized carbons (Fsp3) is 0.919. The number of hydrogen-bond donors (Lipinski definition) is 12. The second-order valence-corrected chi connectivity index (χ2v) is 31.4. The van der Waals surface area contributed by atoms with E-state index in [0.29, 0.717) is 12.8 Å². The molecule has 3 fully saturated rings. The molecule has 0 radical (unpaired) electrons. The lowest BCUT2D eigenvalue weighted by atomic mass is 9.96. The number of aliphatic hydroxyl groups is 11. The molecular weight excluding hydrogens is 1330 g/mol. The number of rotatable bonds is 71. The monoisotopic (exact) mass is 1500 g/mol. The van der Waals surface area contributed by atoms with Crippen molar-refractivity contribution in [3.63, 3.8) is 0 Å². The van der Waals surface area contributed by atoms with E-state index in [0.717, 1.165) is 57.8 Å². The average molecular weight is 1500 g/mol. The lowest BCUT2D eigenvalue weighted by molar-refractivity contribution is -0.379. The molecule has 3 heterocycles. The van der Waals surface area contributed by atoms with Crippen molar-refractivity contribution in [2.45, 2.75) is 478 Å². The summed E-state index contributed by atoms with van der Waals surface area (Å²) in [4.78, 5) is 13.5. The SMILES string of the molecule is CCCCCCC/C=C\C/C=C\C/C=C\CCCCCCCCCCCCCCCCCCCCCCCCCCC(=O)NC(COC1OC(CO)C(OC2OC(CO)C(OC3OC(CO)C(O)C(O)C3O)C(O)C2O)C(O)C1O)C(O)CCCCCCCCCCCCCCCCCCCCCCC. The van der Waals surface area contributed by atoms with Crippen molar-refractivity contribution in [1.29, 1.82) is 0 Å². The first-order valence-electron chi connectivity index (χ1n) is 43.7. The second kappa shape index (κ2) is 66.6. The zero-order valence-corrected chi connectivity index (χ0v) is 66.5. The summed E-state index contributed by atoms with van der Waals surface area (Å²) >= 11 is 0. The Kier molecular flexibility index (Phi) is 61.7. The van der Waals surface area contributed by atoms with E-state index in [2.05, 4.69) is 55.6 Å². The number of aliphatic hydroxyl groups excluding tert-OH is 11. The lowest BCUT2D eigenvalue weighted by Gasteiger charge is -2.48. The molecule has 19 heteroatoms. The predicted molar refractivity (Wildman–Crippen MR) is 420 cm³/mol. The number of allylic oxidation sites excluding steroid dienone is 6. The normalized spacial score (nSPS) is 25.9. The van der Waals surface area contributed by atoms with Crippen molar-refractivity contribution in [3.8, 4) is 0 Å². The van der Waals surface area contributed by atoms with Crippen LogP contribution in [0.3, 0.4) is 0 Å². The van der Waals surface area contributed by atoms with E-state index in [4.69, 9.17) is 28.4 Å². The Balaban J connectivity index is 1.30. The van der Waals surface area contributed by atoms with Gasteiger partial charge in [0.2, 0.25) is 5.91 Å². The van der Waals surface area contributed by atoms with Crippen LogP contribution in [0.5, 0.6) is 0 Å². The molecule has 0 aliphatic carbocycles. The van der Waals surface area contributed by atoms with E-state index in [1.54, 1.807) is 0 Å².